The van der Waals surface area contributed by atoms with Crippen LogP contribution in [0, 0.1) is 5.92 Å². The molecule has 0 radical (unpaired) electrons. The van der Waals surface area contributed by atoms with E-state index < -0.39 is 0 Å². The van der Waals surface area contributed by atoms with E-state index in [4.69, 9.17) is 4.74 Å². The molecule has 1 aromatic heterocycles. The van der Waals surface area contributed by atoms with Gasteiger partial charge < -0.3 is 4.74 Å². The van der Waals surface area contributed by atoms with Gasteiger partial charge in [-0.2, -0.15) is 4.98 Å². The summed E-state index contributed by atoms with van der Waals surface area (Å²) in [5, 5.41) is 0. The highest BCUT2D eigenvalue weighted by Crippen LogP contribution is 2.32. The normalized spacial score (nSPS) is 15.5. The Hall–Kier alpha value is -0.640. The number of rotatable bonds is 5. The van der Waals surface area contributed by atoms with E-state index in [1.165, 1.54) is 12.8 Å². The lowest BCUT2D eigenvalue weighted by atomic mass is 10.2. The van der Waals surface area contributed by atoms with Crippen LogP contribution in [0.15, 0.2) is 10.7 Å². The summed E-state index contributed by atoms with van der Waals surface area (Å²) in [5.41, 5.74) is 0. The van der Waals surface area contributed by atoms with Crippen LogP contribution in [0.3, 0.4) is 0 Å². The van der Waals surface area contributed by atoms with Crippen LogP contribution in [0.4, 0.5) is 0 Å². The number of aromatic nitrogens is 2. The van der Waals surface area contributed by atoms with Crippen LogP contribution in [-0.2, 0) is 0 Å². The van der Waals surface area contributed by atoms with Crippen LogP contribution in [-0.4, -0.2) is 16.6 Å². The monoisotopic (exact) mass is 284 g/mol. The minimum absolute atomic E-state index is 0.322. The summed E-state index contributed by atoms with van der Waals surface area (Å²) >= 11 is 3.38. The van der Waals surface area contributed by atoms with Crippen molar-refractivity contribution in [1.82, 2.24) is 9.97 Å². The van der Waals surface area contributed by atoms with Gasteiger partial charge in [0.1, 0.15) is 10.4 Å². The molecule has 0 spiro atoms. The van der Waals surface area contributed by atoms with Crippen LogP contribution in [0.5, 0.6) is 5.88 Å². The van der Waals surface area contributed by atoms with Gasteiger partial charge in [0.15, 0.2) is 0 Å². The largest absolute Gasteiger partial charge is 0.478 e. The number of hydrogen-bond donors (Lipinski definition) is 0. The predicted molar refractivity (Wildman–Crippen MR) is 66.7 cm³/mol. The van der Waals surface area contributed by atoms with Crippen LogP contribution >= 0.6 is 15.9 Å². The van der Waals surface area contributed by atoms with Gasteiger partial charge in [-0.1, -0.05) is 26.7 Å². The SMILES string of the molecule is CC(C)c1nc(Br)cc(OCCC2CC2)n1. The van der Waals surface area contributed by atoms with Crippen LogP contribution in [0.25, 0.3) is 0 Å². The Kier molecular flexibility index (Phi) is 3.79. The molecular weight excluding hydrogens is 268 g/mol. The number of nitrogens with zero attached hydrogens (tertiary/aromatic N) is 2. The lowest BCUT2D eigenvalue weighted by Crippen LogP contribution is -2.04. The second-order valence-electron chi connectivity index (χ2n) is 4.62. The van der Waals surface area contributed by atoms with Gasteiger partial charge in [0.25, 0.3) is 0 Å². The molecule has 4 heteroatoms. The Morgan fingerprint density at radius 1 is 1.44 bits per heavy atom. The van der Waals surface area contributed by atoms with Crippen molar-refractivity contribution in [3.05, 3.63) is 16.5 Å². The van der Waals surface area contributed by atoms with Crippen molar-refractivity contribution in [3.63, 3.8) is 0 Å². The third-order valence-corrected chi connectivity index (χ3v) is 3.08. The number of halogens is 1. The summed E-state index contributed by atoms with van der Waals surface area (Å²) in [5.74, 6) is 2.74. The Labute approximate surface area is 105 Å². The lowest BCUT2D eigenvalue weighted by molar-refractivity contribution is 0.289. The Morgan fingerprint density at radius 3 is 2.81 bits per heavy atom. The molecule has 0 bridgehead atoms. The van der Waals surface area contributed by atoms with Gasteiger partial charge in [-0.15, -0.1) is 0 Å². The minimum atomic E-state index is 0.322. The molecule has 1 aromatic rings. The van der Waals surface area contributed by atoms with Crippen molar-refractivity contribution in [2.45, 2.75) is 39.0 Å². The maximum atomic E-state index is 5.65. The second-order valence-corrected chi connectivity index (χ2v) is 5.43. The standard InChI is InChI=1S/C12H17BrN2O/c1-8(2)12-14-10(13)7-11(15-12)16-6-5-9-3-4-9/h7-9H,3-6H2,1-2H3. The van der Waals surface area contributed by atoms with Gasteiger partial charge in [-0.05, 0) is 28.3 Å². The van der Waals surface area contributed by atoms with Crippen molar-refractivity contribution in [2.24, 2.45) is 5.92 Å². The highest BCUT2D eigenvalue weighted by molar-refractivity contribution is 9.10. The summed E-state index contributed by atoms with van der Waals surface area (Å²) in [6, 6.07) is 1.83. The van der Waals surface area contributed by atoms with E-state index in [9.17, 15) is 0 Å². The average molecular weight is 285 g/mol. The third-order valence-electron chi connectivity index (χ3n) is 2.68. The van der Waals surface area contributed by atoms with Gasteiger partial charge in [0.2, 0.25) is 5.88 Å². The van der Waals surface area contributed by atoms with Gasteiger partial charge in [0.05, 0.1) is 6.61 Å². The fourth-order valence-corrected chi connectivity index (χ4v) is 1.86. The molecule has 16 heavy (non-hydrogen) atoms. The van der Waals surface area contributed by atoms with E-state index >= 15 is 0 Å². The molecule has 1 aliphatic rings. The van der Waals surface area contributed by atoms with Gasteiger partial charge >= 0.3 is 0 Å². The molecule has 2 rings (SSSR count). The summed E-state index contributed by atoms with van der Waals surface area (Å²) in [4.78, 5) is 8.70. The summed E-state index contributed by atoms with van der Waals surface area (Å²) in [6.07, 6.45) is 3.89. The molecule has 0 saturated heterocycles. The van der Waals surface area contributed by atoms with Crippen LogP contribution in [0.1, 0.15) is 44.9 Å². The fourth-order valence-electron chi connectivity index (χ4n) is 1.48. The molecule has 0 aliphatic heterocycles. The zero-order chi connectivity index (χ0) is 11.5. The topological polar surface area (TPSA) is 35.0 Å². The molecule has 1 saturated carbocycles. The van der Waals surface area contributed by atoms with Crippen LogP contribution in [0.2, 0.25) is 0 Å². The number of hydrogen-bond acceptors (Lipinski definition) is 3. The average Bonchev–Trinajstić information content (AvgIpc) is 3.01. The van der Waals surface area contributed by atoms with E-state index in [-0.39, 0.29) is 0 Å². The first-order chi connectivity index (χ1) is 7.65. The maximum absolute atomic E-state index is 5.65. The molecule has 0 N–H and O–H groups in total. The van der Waals surface area contributed by atoms with E-state index in [1.807, 2.05) is 6.07 Å². The first-order valence-electron chi connectivity index (χ1n) is 5.82. The predicted octanol–water partition coefficient (Wildman–Crippen LogP) is 3.54. The molecule has 88 valence electrons. The molecule has 0 aromatic carbocycles. The fraction of sp³-hybridized carbons (Fsp3) is 0.667. The van der Waals surface area contributed by atoms with Crippen molar-refractivity contribution >= 4 is 15.9 Å². The van der Waals surface area contributed by atoms with Crippen molar-refractivity contribution in [1.29, 1.82) is 0 Å². The molecule has 0 amide bonds. The first-order valence-corrected chi connectivity index (χ1v) is 6.61. The Morgan fingerprint density at radius 2 is 2.19 bits per heavy atom. The lowest BCUT2D eigenvalue weighted by Gasteiger charge is -2.08. The van der Waals surface area contributed by atoms with Crippen molar-refractivity contribution < 1.29 is 4.74 Å². The van der Waals surface area contributed by atoms with Gasteiger partial charge in [-0.3, -0.25) is 0 Å². The quantitative estimate of drug-likeness (QED) is 0.776. The zero-order valence-corrected chi connectivity index (χ0v) is 11.3. The maximum Gasteiger partial charge on any atom is 0.217 e. The molecule has 1 heterocycles. The smallest absolute Gasteiger partial charge is 0.217 e. The highest BCUT2D eigenvalue weighted by atomic mass is 79.9. The zero-order valence-electron chi connectivity index (χ0n) is 9.74. The first kappa shape index (κ1) is 11.8. The second kappa shape index (κ2) is 5.13. The summed E-state index contributed by atoms with van der Waals surface area (Å²) < 4.78 is 6.45. The van der Waals surface area contributed by atoms with E-state index in [1.54, 1.807) is 0 Å². The molecule has 0 atom stereocenters. The van der Waals surface area contributed by atoms with Crippen LogP contribution < -0.4 is 4.74 Å². The van der Waals surface area contributed by atoms with E-state index in [2.05, 4.69) is 39.7 Å². The molecular formula is C12H17BrN2O. The Bertz CT molecular complexity index is 364. The summed E-state index contributed by atoms with van der Waals surface area (Å²) in [6.45, 7) is 4.93. The van der Waals surface area contributed by atoms with Gasteiger partial charge in [0, 0.05) is 12.0 Å². The molecule has 0 unspecified atom stereocenters. The summed E-state index contributed by atoms with van der Waals surface area (Å²) in [7, 11) is 0. The molecule has 1 aliphatic carbocycles. The van der Waals surface area contributed by atoms with E-state index in [0.29, 0.717) is 11.8 Å². The van der Waals surface area contributed by atoms with Crippen molar-refractivity contribution in [3.8, 4) is 5.88 Å². The Balaban J connectivity index is 1.95. The highest BCUT2D eigenvalue weighted by Gasteiger charge is 2.20. The minimum Gasteiger partial charge on any atom is -0.478 e. The van der Waals surface area contributed by atoms with E-state index in [0.717, 1.165) is 29.4 Å². The third kappa shape index (κ3) is 3.44. The molecule has 3 nitrogen and oxygen atoms in total. The number of ether oxygens (including phenoxy) is 1. The van der Waals surface area contributed by atoms with Crippen molar-refractivity contribution in [2.75, 3.05) is 6.61 Å². The van der Waals surface area contributed by atoms with Gasteiger partial charge in [-0.25, -0.2) is 4.98 Å². The molecule has 1 fully saturated rings.